The van der Waals surface area contributed by atoms with Gasteiger partial charge >= 0.3 is 0 Å². The Bertz CT molecular complexity index is 746. The molecule has 9 nitrogen and oxygen atoms in total. The maximum absolute atomic E-state index is 11.9. The summed E-state index contributed by atoms with van der Waals surface area (Å²) in [5.41, 5.74) is 0.655. The Balaban J connectivity index is 2.11. The Morgan fingerprint density at radius 1 is 1.57 bits per heavy atom. The number of rotatable bonds is 4. The van der Waals surface area contributed by atoms with Crippen LogP contribution in [0.15, 0.2) is 24.5 Å². The van der Waals surface area contributed by atoms with E-state index >= 15 is 0 Å². The molecule has 0 aliphatic heterocycles. The van der Waals surface area contributed by atoms with Gasteiger partial charge in [0.2, 0.25) is 5.91 Å². The van der Waals surface area contributed by atoms with Gasteiger partial charge in [0.05, 0.1) is 16.2 Å². The minimum atomic E-state index is -0.512. The van der Waals surface area contributed by atoms with Crippen LogP contribution in [0.3, 0.4) is 0 Å². The second-order valence-electron chi connectivity index (χ2n) is 4.13. The largest absolute Gasteiger partial charge is 0.324 e. The fourth-order valence-electron chi connectivity index (χ4n) is 1.72. The van der Waals surface area contributed by atoms with E-state index in [9.17, 15) is 14.9 Å². The molecule has 0 atom stereocenters. The summed E-state index contributed by atoms with van der Waals surface area (Å²) in [5.74, 6) is -0.456. The van der Waals surface area contributed by atoms with Crippen molar-refractivity contribution < 1.29 is 9.72 Å². The van der Waals surface area contributed by atoms with E-state index in [2.05, 4.69) is 15.4 Å². The third-order valence-electron chi connectivity index (χ3n) is 2.72. The van der Waals surface area contributed by atoms with Gasteiger partial charge in [0.15, 0.2) is 0 Å². The molecule has 1 aromatic heterocycles. The second-order valence-corrected chi connectivity index (χ2v) is 4.13. The summed E-state index contributed by atoms with van der Waals surface area (Å²) in [4.78, 5) is 25.8. The van der Waals surface area contributed by atoms with Crippen LogP contribution in [0.1, 0.15) is 11.4 Å². The first kappa shape index (κ1) is 14.1. The van der Waals surface area contributed by atoms with Crippen LogP contribution in [0.2, 0.25) is 0 Å². The minimum absolute atomic E-state index is 0.0330. The lowest BCUT2D eigenvalue weighted by atomic mass is 10.1. The van der Waals surface area contributed by atoms with Crippen molar-refractivity contribution in [2.45, 2.75) is 13.5 Å². The number of nitro benzene ring substituents is 1. The zero-order valence-electron chi connectivity index (χ0n) is 11.0. The molecule has 0 saturated heterocycles. The summed E-state index contributed by atoms with van der Waals surface area (Å²) < 4.78 is 1.21. The average Bonchev–Trinajstić information content (AvgIpc) is 2.88. The summed E-state index contributed by atoms with van der Waals surface area (Å²) in [6.07, 6.45) is 1.26. The second kappa shape index (κ2) is 5.79. The van der Waals surface area contributed by atoms with Gasteiger partial charge in [0.25, 0.3) is 11.5 Å². The average molecular weight is 286 g/mol. The van der Waals surface area contributed by atoms with Crippen LogP contribution in [0.4, 0.5) is 11.4 Å². The molecule has 2 aromatic rings. The molecule has 106 valence electrons. The van der Waals surface area contributed by atoms with Crippen molar-refractivity contribution in [3.05, 3.63) is 46.0 Å². The van der Waals surface area contributed by atoms with Crippen molar-refractivity contribution in [2.75, 3.05) is 5.32 Å². The Morgan fingerprint density at radius 2 is 2.33 bits per heavy atom. The Labute approximate surface area is 119 Å². The molecule has 1 N–H and O–H groups in total. The summed E-state index contributed by atoms with van der Waals surface area (Å²) in [7, 11) is 0. The highest BCUT2D eigenvalue weighted by Gasteiger charge is 2.15. The van der Waals surface area contributed by atoms with E-state index < -0.39 is 10.8 Å². The molecule has 0 spiro atoms. The summed E-state index contributed by atoms with van der Waals surface area (Å²) in [6.45, 7) is 1.41. The van der Waals surface area contributed by atoms with Crippen LogP contribution >= 0.6 is 0 Å². The molecular formula is C12H10N6O3. The molecule has 1 aromatic carbocycles. The van der Waals surface area contributed by atoms with Gasteiger partial charge in [-0.1, -0.05) is 6.07 Å². The van der Waals surface area contributed by atoms with Crippen LogP contribution in [0.25, 0.3) is 0 Å². The molecule has 1 heterocycles. The SMILES string of the molecule is Cc1c(NC(=O)Cn2cnc(C#N)n2)cccc1[N+](=O)[O-]. The summed E-state index contributed by atoms with van der Waals surface area (Å²) in [6, 6.07) is 6.17. The molecule has 1 amide bonds. The number of nitro groups is 1. The van der Waals surface area contributed by atoms with Crippen molar-refractivity contribution in [1.29, 1.82) is 5.26 Å². The Morgan fingerprint density at radius 3 is 2.95 bits per heavy atom. The predicted octanol–water partition coefficient (Wildman–Crippen LogP) is 1.01. The van der Waals surface area contributed by atoms with Gasteiger partial charge in [-0.15, -0.1) is 5.10 Å². The maximum Gasteiger partial charge on any atom is 0.274 e. The standard InChI is InChI=1S/C12H10N6O3/c1-8-9(3-2-4-10(8)18(20)21)15-12(19)6-17-7-14-11(5-13)16-17/h2-4,7H,6H2,1H3,(H,15,19). The molecule has 0 aliphatic carbocycles. The molecule has 0 radical (unpaired) electrons. The molecule has 0 saturated carbocycles. The third kappa shape index (κ3) is 3.19. The normalized spacial score (nSPS) is 9.90. The summed E-state index contributed by atoms with van der Waals surface area (Å²) in [5, 5.41) is 25.7. The maximum atomic E-state index is 11.9. The van der Waals surface area contributed by atoms with Gasteiger partial charge in [-0.2, -0.15) is 5.26 Å². The van der Waals surface area contributed by atoms with Crippen LogP contribution < -0.4 is 5.32 Å². The van der Waals surface area contributed by atoms with Crippen molar-refractivity contribution >= 4 is 17.3 Å². The quantitative estimate of drug-likeness (QED) is 0.660. The lowest BCUT2D eigenvalue weighted by Gasteiger charge is -2.08. The van der Waals surface area contributed by atoms with Crippen molar-refractivity contribution in [3.8, 4) is 6.07 Å². The lowest BCUT2D eigenvalue weighted by molar-refractivity contribution is -0.385. The van der Waals surface area contributed by atoms with Crippen LogP contribution in [-0.2, 0) is 11.3 Å². The molecule has 21 heavy (non-hydrogen) atoms. The van der Waals surface area contributed by atoms with E-state index in [1.807, 2.05) is 0 Å². The van der Waals surface area contributed by atoms with Crippen molar-refractivity contribution in [3.63, 3.8) is 0 Å². The Hall–Kier alpha value is -3.28. The number of nitriles is 1. The first-order chi connectivity index (χ1) is 10.0. The highest BCUT2D eigenvalue weighted by Crippen LogP contribution is 2.24. The number of benzene rings is 1. The topological polar surface area (TPSA) is 127 Å². The van der Waals surface area contributed by atoms with E-state index in [4.69, 9.17) is 5.26 Å². The Kier molecular flexibility index (Phi) is 3.90. The van der Waals surface area contributed by atoms with E-state index in [0.717, 1.165) is 0 Å². The van der Waals surface area contributed by atoms with Gasteiger partial charge in [-0.05, 0) is 13.0 Å². The molecule has 0 unspecified atom stereocenters. The monoisotopic (exact) mass is 286 g/mol. The van der Waals surface area contributed by atoms with Gasteiger partial charge in [-0.25, -0.2) is 9.67 Å². The predicted molar refractivity (Wildman–Crippen MR) is 71.2 cm³/mol. The fourth-order valence-corrected chi connectivity index (χ4v) is 1.72. The highest BCUT2D eigenvalue weighted by atomic mass is 16.6. The number of carbonyl (C=O) groups excluding carboxylic acids is 1. The van der Waals surface area contributed by atoms with Crippen LogP contribution in [0.5, 0.6) is 0 Å². The number of anilines is 1. The van der Waals surface area contributed by atoms with E-state index in [-0.39, 0.29) is 18.1 Å². The van der Waals surface area contributed by atoms with Crippen LogP contribution in [-0.4, -0.2) is 25.6 Å². The number of hydrogen-bond donors (Lipinski definition) is 1. The van der Waals surface area contributed by atoms with Gasteiger partial charge in [0, 0.05) is 6.07 Å². The van der Waals surface area contributed by atoms with Crippen molar-refractivity contribution in [1.82, 2.24) is 14.8 Å². The summed E-state index contributed by atoms with van der Waals surface area (Å²) >= 11 is 0. The smallest absolute Gasteiger partial charge is 0.274 e. The number of nitrogens with one attached hydrogen (secondary N) is 1. The number of hydrogen-bond acceptors (Lipinski definition) is 6. The zero-order chi connectivity index (χ0) is 15.4. The lowest BCUT2D eigenvalue weighted by Crippen LogP contribution is -2.19. The zero-order valence-corrected chi connectivity index (χ0v) is 11.0. The van der Waals surface area contributed by atoms with E-state index in [1.54, 1.807) is 19.1 Å². The number of aromatic nitrogens is 3. The fraction of sp³-hybridized carbons (Fsp3) is 0.167. The van der Waals surface area contributed by atoms with Crippen molar-refractivity contribution in [2.24, 2.45) is 0 Å². The van der Waals surface area contributed by atoms with Crippen LogP contribution in [0, 0.1) is 28.4 Å². The minimum Gasteiger partial charge on any atom is -0.324 e. The molecular weight excluding hydrogens is 276 g/mol. The number of carbonyl (C=O) groups is 1. The molecule has 0 aliphatic rings. The number of nitrogens with zero attached hydrogens (tertiary/aromatic N) is 5. The van der Waals surface area contributed by atoms with Gasteiger partial charge in [0.1, 0.15) is 18.9 Å². The van der Waals surface area contributed by atoms with E-state index in [0.29, 0.717) is 11.3 Å². The van der Waals surface area contributed by atoms with Gasteiger partial charge < -0.3 is 5.32 Å². The molecule has 0 fully saturated rings. The first-order valence-electron chi connectivity index (χ1n) is 5.84. The molecule has 9 heteroatoms. The highest BCUT2D eigenvalue weighted by molar-refractivity contribution is 5.91. The molecule has 2 rings (SSSR count). The number of amides is 1. The third-order valence-corrected chi connectivity index (χ3v) is 2.72. The molecule has 0 bridgehead atoms. The van der Waals surface area contributed by atoms with E-state index in [1.165, 1.54) is 23.1 Å². The van der Waals surface area contributed by atoms with Gasteiger partial charge in [-0.3, -0.25) is 14.9 Å². The first-order valence-corrected chi connectivity index (χ1v) is 5.84.